The standard InChI is InChI=1S/C24H25N3O5S/c1-3-32-24(29)21-6-4-19(5-7-21)16-27(17-20-12-14-25-15-13-20)33(30,31)23-10-8-22(9-11-23)26-18(2)28/h4-15H,3,16-17H2,1-2H3,(H,26,28). The molecule has 0 saturated carbocycles. The van der Waals surface area contributed by atoms with Crippen LogP contribution in [0.4, 0.5) is 5.69 Å². The number of carbonyl (C=O) groups excluding carboxylic acids is 2. The van der Waals surface area contributed by atoms with Gasteiger partial charge in [-0.05, 0) is 66.6 Å². The Morgan fingerprint density at radius 3 is 2.03 bits per heavy atom. The summed E-state index contributed by atoms with van der Waals surface area (Å²) in [5.74, 6) is -0.666. The number of rotatable bonds is 9. The molecule has 0 saturated heterocycles. The average molecular weight is 468 g/mol. The molecule has 172 valence electrons. The lowest BCUT2D eigenvalue weighted by Crippen LogP contribution is -2.30. The first-order valence-electron chi connectivity index (χ1n) is 10.3. The molecular weight excluding hydrogens is 442 g/mol. The van der Waals surface area contributed by atoms with Crippen LogP contribution in [-0.2, 0) is 32.6 Å². The fraction of sp³-hybridized carbons (Fsp3) is 0.208. The van der Waals surface area contributed by atoms with E-state index in [-0.39, 0.29) is 30.5 Å². The number of nitrogens with one attached hydrogen (secondary N) is 1. The molecule has 33 heavy (non-hydrogen) atoms. The van der Waals surface area contributed by atoms with Gasteiger partial charge in [-0.25, -0.2) is 13.2 Å². The predicted octanol–water partition coefficient (Wildman–Crippen LogP) is 3.61. The minimum absolute atomic E-state index is 0.0984. The molecule has 0 spiro atoms. The number of aromatic nitrogens is 1. The first kappa shape index (κ1) is 24.1. The summed E-state index contributed by atoms with van der Waals surface area (Å²) in [7, 11) is -3.87. The highest BCUT2D eigenvalue weighted by Crippen LogP contribution is 2.23. The average Bonchev–Trinajstić information content (AvgIpc) is 2.80. The van der Waals surface area contributed by atoms with E-state index in [0.717, 1.165) is 11.1 Å². The van der Waals surface area contributed by atoms with Gasteiger partial charge in [0.1, 0.15) is 0 Å². The first-order valence-corrected chi connectivity index (χ1v) is 11.8. The maximum Gasteiger partial charge on any atom is 0.338 e. The van der Waals surface area contributed by atoms with E-state index in [4.69, 9.17) is 4.74 Å². The smallest absolute Gasteiger partial charge is 0.338 e. The van der Waals surface area contributed by atoms with E-state index in [0.29, 0.717) is 11.3 Å². The zero-order valence-electron chi connectivity index (χ0n) is 18.4. The van der Waals surface area contributed by atoms with Crippen LogP contribution in [0.3, 0.4) is 0 Å². The van der Waals surface area contributed by atoms with Crippen molar-refractivity contribution in [3.8, 4) is 0 Å². The Balaban J connectivity index is 1.89. The summed E-state index contributed by atoms with van der Waals surface area (Å²) in [4.78, 5) is 27.2. The SMILES string of the molecule is CCOC(=O)c1ccc(CN(Cc2ccncc2)S(=O)(=O)c2ccc(NC(C)=O)cc2)cc1. The van der Waals surface area contributed by atoms with Gasteiger partial charge in [-0.15, -0.1) is 0 Å². The Bertz CT molecular complexity index is 1200. The number of pyridine rings is 1. The molecule has 1 amide bonds. The third-order valence-corrected chi connectivity index (χ3v) is 6.55. The second-order valence-corrected chi connectivity index (χ2v) is 9.19. The lowest BCUT2D eigenvalue weighted by Gasteiger charge is -2.23. The van der Waals surface area contributed by atoms with Gasteiger partial charge in [0.15, 0.2) is 0 Å². The quantitative estimate of drug-likeness (QED) is 0.482. The van der Waals surface area contributed by atoms with Crippen molar-refractivity contribution in [3.63, 3.8) is 0 Å². The third-order valence-electron chi connectivity index (χ3n) is 4.74. The van der Waals surface area contributed by atoms with Crippen molar-refractivity contribution in [2.24, 2.45) is 0 Å². The predicted molar refractivity (Wildman–Crippen MR) is 124 cm³/mol. The number of hydrogen-bond acceptors (Lipinski definition) is 6. The van der Waals surface area contributed by atoms with Crippen LogP contribution in [0, 0.1) is 0 Å². The minimum atomic E-state index is -3.87. The Morgan fingerprint density at radius 1 is 0.909 bits per heavy atom. The molecule has 0 aliphatic heterocycles. The van der Waals surface area contributed by atoms with Crippen LogP contribution >= 0.6 is 0 Å². The lowest BCUT2D eigenvalue weighted by molar-refractivity contribution is -0.114. The molecule has 0 atom stereocenters. The third kappa shape index (κ3) is 6.47. The van der Waals surface area contributed by atoms with Crippen molar-refractivity contribution in [3.05, 3.63) is 89.7 Å². The minimum Gasteiger partial charge on any atom is -0.462 e. The molecule has 1 heterocycles. The van der Waals surface area contributed by atoms with Crippen LogP contribution in [-0.4, -0.2) is 36.2 Å². The number of nitrogens with zero attached hydrogens (tertiary/aromatic N) is 2. The van der Waals surface area contributed by atoms with Crippen LogP contribution in [0.25, 0.3) is 0 Å². The van der Waals surface area contributed by atoms with Crippen LogP contribution in [0.15, 0.2) is 78.0 Å². The molecule has 0 unspecified atom stereocenters. The highest BCUT2D eigenvalue weighted by Gasteiger charge is 2.25. The number of carbonyl (C=O) groups is 2. The van der Waals surface area contributed by atoms with E-state index < -0.39 is 16.0 Å². The van der Waals surface area contributed by atoms with E-state index in [1.54, 1.807) is 67.8 Å². The van der Waals surface area contributed by atoms with Crippen LogP contribution in [0.5, 0.6) is 0 Å². The van der Waals surface area contributed by atoms with Gasteiger partial charge in [0.25, 0.3) is 0 Å². The molecule has 0 fully saturated rings. The molecule has 8 nitrogen and oxygen atoms in total. The highest BCUT2D eigenvalue weighted by atomic mass is 32.2. The number of benzene rings is 2. The molecule has 9 heteroatoms. The molecule has 0 bridgehead atoms. The van der Waals surface area contributed by atoms with E-state index in [1.807, 2.05) is 0 Å². The zero-order chi connectivity index (χ0) is 23.8. The number of sulfonamides is 1. The van der Waals surface area contributed by atoms with Gasteiger partial charge in [0.05, 0.1) is 17.1 Å². The van der Waals surface area contributed by atoms with Gasteiger partial charge < -0.3 is 10.1 Å². The first-order chi connectivity index (χ1) is 15.8. The van der Waals surface area contributed by atoms with Gasteiger partial charge in [-0.2, -0.15) is 4.31 Å². The topological polar surface area (TPSA) is 106 Å². The summed E-state index contributed by atoms with van der Waals surface area (Å²) in [5.41, 5.74) is 2.41. The maximum absolute atomic E-state index is 13.5. The summed E-state index contributed by atoms with van der Waals surface area (Å²) in [6, 6.07) is 16.2. The van der Waals surface area contributed by atoms with Gasteiger partial charge in [-0.3, -0.25) is 9.78 Å². The molecule has 1 N–H and O–H groups in total. The molecule has 2 aromatic carbocycles. The molecule has 0 radical (unpaired) electrons. The van der Waals surface area contributed by atoms with Crippen molar-refractivity contribution in [1.82, 2.24) is 9.29 Å². The Hall–Kier alpha value is -3.56. The summed E-state index contributed by atoms with van der Waals surface area (Å²) in [6.45, 7) is 3.63. The second kappa shape index (κ2) is 10.8. The number of ether oxygens (including phenoxy) is 1. The fourth-order valence-corrected chi connectivity index (χ4v) is 4.56. The van der Waals surface area contributed by atoms with E-state index in [2.05, 4.69) is 10.3 Å². The Morgan fingerprint density at radius 2 is 1.48 bits per heavy atom. The van der Waals surface area contributed by atoms with Crippen LogP contribution in [0.2, 0.25) is 0 Å². The van der Waals surface area contributed by atoms with Gasteiger partial charge in [0.2, 0.25) is 15.9 Å². The van der Waals surface area contributed by atoms with Crippen molar-refractivity contribution in [2.75, 3.05) is 11.9 Å². The summed E-state index contributed by atoms with van der Waals surface area (Å²) < 4.78 is 33.3. The number of amides is 1. The van der Waals surface area contributed by atoms with Crippen molar-refractivity contribution in [1.29, 1.82) is 0 Å². The van der Waals surface area contributed by atoms with Crippen LogP contribution < -0.4 is 5.32 Å². The van der Waals surface area contributed by atoms with Gasteiger partial charge in [-0.1, -0.05) is 12.1 Å². The zero-order valence-corrected chi connectivity index (χ0v) is 19.2. The maximum atomic E-state index is 13.5. The fourth-order valence-electron chi connectivity index (χ4n) is 3.14. The number of hydrogen-bond donors (Lipinski definition) is 1. The molecule has 0 aliphatic carbocycles. The van der Waals surface area contributed by atoms with E-state index >= 15 is 0 Å². The molecule has 0 aliphatic rings. The summed E-state index contributed by atoms with van der Waals surface area (Å²) >= 11 is 0. The molecule has 3 aromatic rings. The Labute approximate surface area is 193 Å². The van der Waals surface area contributed by atoms with E-state index in [1.165, 1.54) is 23.4 Å². The van der Waals surface area contributed by atoms with Gasteiger partial charge in [0, 0.05) is 38.1 Å². The van der Waals surface area contributed by atoms with Gasteiger partial charge >= 0.3 is 5.97 Å². The van der Waals surface area contributed by atoms with E-state index in [9.17, 15) is 18.0 Å². The van der Waals surface area contributed by atoms with Crippen molar-refractivity contribution >= 4 is 27.6 Å². The summed E-state index contributed by atoms with van der Waals surface area (Å²) in [5, 5.41) is 2.62. The lowest BCUT2D eigenvalue weighted by atomic mass is 10.1. The van der Waals surface area contributed by atoms with Crippen molar-refractivity contribution < 1.29 is 22.7 Å². The molecule has 3 rings (SSSR count). The molecule has 1 aromatic heterocycles. The largest absolute Gasteiger partial charge is 0.462 e. The Kier molecular flexibility index (Phi) is 7.92. The number of esters is 1. The number of anilines is 1. The van der Waals surface area contributed by atoms with Crippen molar-refractivity contribution in [2.45, 2.75) is 31.8 Å². The second-order valence-electron chi connectivity index (χ2n) is 7.25. The summed E-state index contributed by atoms with van der Waals surface area (Å²) in [6.07, 6.45) is 3.22. The normalized spacial score (nSPS) is 11.2. The molecular formula is C24H25N3O5S. The van der Waals surface area contributed by atoms with Crippen LogP contribution in [0.1, 0.15) is 35.3 Å². The monoisotopic (exact) mass is 467 g/mol. The highest BCUT2D eigenvalue weighted by molar-refractivity contribution is 7.89.